The van der Waals surface area contributed by atoms with E-state index in [-0.39, 0.29) is 31.1 Å². The third kappa shape index (κ3) is 2.97. The maximum atomic E-state index is 12.5. The Balaban J connectivity index is 2.14. The summed E-state index contributed by atoms with van der Waals surface area (Å²) in [7, 11) is -5.32. The Bertz CT molecular complexity index is 700. The van der Waals surface area contributed by atoms with Gasteiger partial charge in [0.2, 0.25) is 25.0 Å². The van der Waals surface area contributed by atoms with Crippen molar-refractivity contribution in [2.75, 3.05) is 13.1 Å². The first kappa shape index (κ1) is 16.4. The van der Waals surface area contributed by atoms with Crippen LogP contribution in [0.4, 0.5) is 0 Å². The third-order valence-corrected chi connectivity index (χ3v) is 8.22. The standard InChI is InChI=1S/C11H20N4O4S2/c1-9(2)21(18,19)15-6-4-10(5-7-15)20(16,17)11-13-12-8-14(11)3/h8-10H,4-7H2,1-3H3. The van der Waals surface area contributed by atoms with Crippen LogP contribution in [0.1, 0.15) is 26.7 Å². The van der Waals surface area contributed by atoms with E-state index < -0.39 is 30.4 Å². The molecule has 1 saturated heterocycles. The zero-order valence-electron chi connectivity index (χ0n) is 12.3. The molecule has 0 aromatic carbocycles. The number of piperidine rings is 1. The summed E-state index contributed by atoms with van der Waals surface area (Å²) in [6.45, 7) is 3.69. The largest absolute Gasteiger partial charge is 0.308 e. The minimum absolute atomic E-state index is 0.0623. The molecule has 1 aromatic heterocycles. The van der Waals surface area contributed by atoms with Crippen LogP contribution in [0.15, 0.2) is 11.5 Å². The number of aromatic nitrogens is 3. The summed E-state index contributed by atoms with van der Waals surface area (Å²) >= 11 is 0. The molecular weight excluding hydrogens is 316 g/mol. The van der Waals surface area contributed by atoms with E-state index in [1.54, 1.807) is 20.9 Å². The Labute approximate surface area is 125 Å². The van der Waals surface area contributed by atoms with Gasteiger partial charge in [0, 0.05) is 20.1 Å². The molecule has 0 bridgehead atoms. The highest BCUT2D eigenvalue weighted by molar-refractivity contribution is 7.92. The Kier molecular flexibility index (Phi) is 4.41. The highest BCUT2D eigenvalue weighted by atomic mass is 32.2. The van der Waals surface area contributed by atoms with Crippen LogP contribution in [0.3, 0.4) is 0 Å². The van der Waals surface area contributed by atoms with Crippen molar-refractivity contribution in [2.24, 2.45) is 7.05 Å². The normalized spacial score (nSPS) is 19.2. The molecule has 8 nitrogen and oxygen atoms in total. The molecule has 0 unspecified atom stereocenters. The zero-order chi connectivity index (χ0) is 15.8. The van der Waals surface area contributed by atoms with Crippen molar-refractivity contribution >= 4 is 19.9 Å². The molecular formula is C11H20N4O4S2. The van der Waals surface area contributed by atoms with E-state index in [4.69, 9.17) is 0 Å². The highest BCUT2D eigenvalue weighted by Gasteiger charge is 2.37. The van der Waals surface area contributed by atoms with E-state index in [1.165, 1.54) is 15.2 Å². The first-order valence-electron chi connectivity index (χ1n) is 6.74. The lowest BCUT2D eigenvalue weighted by Gasteiger charge is -2.31. The van der Waals surface area contributed by atoms with E-state index in [2.05, 4.69) is 10.2 Å². The lowest BCUT2D eigenvalue weighted by molar-refractivity contribution is 0.342. The van der Waals surface area contributed by atoms with Crippen LogP contribution in [-0.2, 0) is 26.9 Å². The number of nitrogens with zero attached hydrogens (tertiary/aromatic N) is 4. The van der Waals surface area contributed by atoms with Crippen molar-refractivity contribution in [3.8, 4) is 0 Å². The first-order chi connectivity index (χ1) is 9.67. The van der Waals surface area contributed by atoms with Crippen LogP contribution in [0.25, 0.3) is 0 Å². The van der Waals surface area contributed by atoms with Gasteiger partial charge in [-0.05, 0) is 26.7 Å². The smallest absolute Gasteiger partial charge is 0.249 e. The lowest BCUT2D eigenvalue weighted by Crippen LogP contribution is -2.45. The Morgan fingerprint density at radius 2 is 1.76 bits per heavy atom. The average Bonchev–Trinajstić information content (AvgIpc) is 2.85. The molecule has 0 amide bonds. The molecule has 1 fully saturated rings. The van der Waals surface area contributed by atoms with E-state index in [9.17, 15) is 16.8 Å². The van der Waals surface area contributed by atoms with Crippen molar-refractivity contribution in [2.45, 2.75) is 42.3 Å². The monoisotopic (exact) mass is 336 g/mol. The molecule has 0 atom stereocenters. The van der Waals surface area contributed by atoms with Gasteiger partial charge in [-0.3, -0.25) is 0 Å². The van der Waals surface area contributed by atoms with E-state index in [0.29, 0.717) is 0 Å². The molecule has 1 aromatic rings. The molecule has 0 saturated carbocycles. The van der Waals surface area contributed by atoms with Crippen LogP contribution in [0.2, 0.25) is 0 Å². The number of sulfonamides is 1. The SMILES string of the molecule is CC(C)S(=O)(=O)N1CCC(S(=O)(=O)c2nncn2C)CC1. The number of sulfone groups is 1. The molecule has 1 aliphatic rings. The molecule has 0 radical (unpaired) electrons. The summed E-state index contributed by atoms with van der Waals surface area (Å²) < 4.78 is 51.8. The number of hydrogen-bond acceptors (Lipinski definition) is 6. The Morgan fingerprint density at radius 1 is 1.19 bits per heavy atom. The second-order valence-electron chi connectivity index (χ2n) is 5.46. The molecule has 2 heterocycles. The van der Waals surface area contributed by atoms with Gasteiger partial charge in [0.15, 0.2) is 0 Å². The Morgan fingerprint density at radius 3 is 2.19 bits per heavy atom. The molecule has 21 heavy (non-hydrogen) atoms. The molecule has 0 spiro atoms. The zero-order valence-corrected chi connectivity index (χ0v) is 13.9. The van der Waals surface area contributed by atoms with Gasteiger partial charge in [0.25, 0.3) is 0 Å². The average molecular weight is 336 g/mol. The minimum atomic E-state index is -3.57. The van der Waals surface area contributed by atoms with Gasteiger partial charge in [-0.1, -0.05) is 0 Å². The highest BCUT2D eigenvalue weighted by Crippen LogP contribution is 2.25. The van der Waals surface area contributed by atoms with E-state index >= 15 is 0 Å². The van der Waals surface area contributed by atoms with Gasteiger partial charge in [0.05, 0.1) is 10.5 Å². The fourth-order valence-electron chi connectivity index (χ4n) is 2.37. The van der Waals surface area contributed by atoms with Gasteiger partial charge in [0.1, 0.15) is 6.33 Å². The van der Waals surface area contributed by atoms with Crippen LogP contribution >= 0.6 is 0 Å². The van der Waals surface area contributed by atoms with Crippen molar-refractivity contribution < 1.29 is 16.8 Å². The van der Waals surface area contributed by atoms with Crippen LogP contribution in [0.5, 0.6) is 0 Å². The predicted octanol–water partition coefficient (Wildman–Crippen LogP) is -0.209. The Hall–Kier alpha value is -1.00. The summed E-state index contributed by atoms with van der Waals surface area (Å²) in [6, 6.07) is 0. The van der Waals surface area contributed by atoms with E-state index in [0.717, 1.165) is 0 Å². The van der Waals surface area contributed by atoms with Gasteiger partial charge < -0.3 is 4.57 Å². The fraction of sp³-hybridized carbons (Fsp3) is 0.818. The predicted molar refractivity (Wildman–Crippen MR) is 76.8 cm³/mol. The molecule has 10 heteroatoms. The van der Waals surface area contributed by atoms with Crippen molar-refractivity contribution in [3.63, 3.8) is 0 Å². The summed E-state index contributed by atoms with van der Waals surface area (Å²) in [5.41, 5.74) is 0. The molecule has 0 N–H and O–H groups in total. The van der Waals surface area contributed by atoms with Crippen molar-refractivity contribution in [1.82, 2.24) is 19.1 Å². The van der Waals surface area contributed by atoms with Gasteiger partial charge in [-0.15, -0.1) is 10.2 Å². The first-order valence-corrected chi connectivity index (χ1v) is 9.79. The van der Waals surface area contributed by atoms with E-state index in [1.807, 2.05) is 0 Å². The molecule has 120 valence electrons. The summed E-state index contributed by atoms with van der Waals surface area (Å²) in [6.07, 6.45) is 1.90. The maximum absolute atomic E-state index is 12.5. The number of rotatable bonds is 4. The van der Waals surface area contributed by atoms with Crippen molar-refractivity contribution in [1.29, 1.82) is 0 Å². The number of hydrogen-bond donors (Lipinski definition) is 0. The van der Waals surface area contributed by atoms with Gasteiger partial charge >= 0.3 is 0 Å². The quantitative estimate of drug-likeness (QED) is 0.754. The van der Waals surface area contributed by atoms with Crippen LogP contribution in [-0.4, -0.2) is 59.5 Å². The van der Waals surface area contributed by atoms with Gasteiger partial charge in [-0.25, -0.2) is 21.1 Å². The minimum Gasteiger partial charge on any atom is -0.308 e. The number of aryl methyl sites for hydroxylation is 1. The molecule has 1 aliphatic heterocycles. The molecule has 2 rings (SSSR count). The van der Waals surface area contributed by atoms with Crippen LogP contribution in [0, 0.1) is 0 Å². The van der Waals surface area contributed by atoms with Crippen LogP contribution < -0.4 is 0 Å². The summed E-state index contributed by atoms with van der Waals surface area (Å²) in [5, 5.41) is 6.07. The second kappa shape index (κ2) is 5.65. The maximum Gasteiger partial charge on any atom is 0.249 e. The third-order valence-electron chi connectivity index (χ3n) is 3.72. The topological polar surface area (TPSA) is 102 Å². The summed E-state index contributed by atoms with van der Waals surface area (Å²) in [4.78, 5) is 0. The molecule has 0 aliphatic carbocycles. The fourth-order valence-corrected chi connectivity index (χ4v) is 5.43. The van der Waals surface area contributed by atoms with Gasteiger partial charge in [-0.2, -0.15) is 0 Å². The second-order valence-corrected chi connectivity index (χ2v) is 10.1. The summed E-state index contributed by atoms with van der Waals surface area (Å²) in [5.74, 6) is 0. The van der Waals surface area contributed by atoms with Crippen molar-refractivity contribution in [3.05, 3.63) is 6.33 Å². The lowest BCUT2D eigenvalue weighted by atomic mass is 10.2.